The lowest BCUT2D eigenvalue weighted by atomic mass is 10.0. The van der Waals surface area contributed by atoms with E-state index in [2.05, 4.69) is 28.1 Å². The molecule has 0 bridgehead atoms. The number of nitrogens with zero attached hydrogens (tertiary/aromatic N) is 1. The van der Waals surface area contributed by atoms with Crippen molar-refractivity contribution in [2.45, 2.75) is 38.5 Å². The number of benzene rings is 2. The maximum absolute atomic E-state index is 12.9. The first-order valence-electron chi connectivity index (χ1n) is 9.79. The molecule has 2 heterocycles. The number of nitrogens with one attached hydrogen (secondary N) is 3. The summed E-state index contributed by atoms with van der Waals surface area (Å²) in [5, 5.41) is 8.83. The van der Waals surface area contributed by atoms with Gasteiger partial charge in [0, 0.05) is 44.4 Å². The molecule has 2 aliphatic heterocycles. The van der Waals surface area contributed by atoms with E-state index in [4.69, 9.17) is 0 Å². The van der Waals surface area contributed by atoms with E-state index in [1.54, 1.807) is 4.90 Å². The third-order valence-corrected chi connectivity index (χ3v) is 5.49. The molecule has 0 aliphatic carbocycles. The van der Waals surface area contributed by atoms with Gasteiger partial charge in [-0.15, -0.1) is 0 Å². The molecule has 0 saturated carbocycles. The first-order valence-corrected chi connectivity index (χ1v) is 9.79. The monoisotopic (exact) mass is 392 g/mol. The van der Waals surface area contributed by atoms with Gasteiger partial charge in [-0.1, -0.05) is 24.3 Å². The highest BCUT2D eigenvalue weighted by Gasteiger charge is 2.38. The number of carbonyl (C=O) groups is 3. The van der Waals surface area contributed by atoms with Gasteiger partial charge in [0.05, 0.1) is 0 Å². The molecule has 2 aromatic carbocycles. The molecule has 29 heavy (non-hydrogen) atoms. The van der Waals surface area contributed by atoms with Crippen LogP contribution in [0.3, 0.4) is 0 Å². The van der Waals surface area contributed by atoms with Gasteiger partial charge in [-0.25, -0.2) is 0 Å². The molecule has 1 saturated heterocycles. The summed E-state index contributed by atoms with van der Waals surface area (Å²) in [6, 6.07) is 13.5. The first kappa shape index (κ1) is 19.1. The normalized spacial score (nSPS) is 18.6. The van der Waals surface area contributed by atoms with Gasteiger partial charge in [0.2, 0.25) is 11.8 Å². The largest absolute Gasteiger partial charge is 0.388 e. The molecule has 3 amide bonds. The van der Waals surface area contributed by atoms with Crippen LogP contribution in [0.1, 0.15) is 39.9 Å². The second-order valence-corrected chi connectivity index (χ2v) is 7.44. The number of fused-ring (bicyclic) bond motifs is 1. The summed E-state index contributed by atoms with van der Waals surface area (Å²) >= 11 is 0. The number of imide groups is 1. The van der Waals surface area contributed by atoms with E-state index in [0.717, 1.165) is 23.4 Å². The number of amides is 3. The molecule has 0 radical (unpaired) electrons. The summed E-state index contributed by atoms with van der Waals surface area (Å²) in [6.45, 7) is 1.79. The van der Waals surface area contributed by atoms with Crippen LogP contribution in [0, 0.1) is 0 Å². The van der Waals surface area contributed by atoms with E-state index in [1.807, 2.05) is 37.4 Å². The molecule has 0 aromatic heterocycles. The number of piperidine rings is 1. The number of carbonyl (C=O) groups excluding carboxylic acids is 3. The second-order valence-electron chi connectivity index (χ2n) is 7.44. The van der Waals surface area contributed by atoms with Crippen molar-refractivity contribution in [2.75, 3.05) is 12.4 Å². The SMILES string of the molecule is CNc1ccc(CNCc2ccc3c(c2)C(=O)N(C2CCC(=O)NC2=O)C3)cc1. The van der Waals surface area contributed by atoms with E-state index < -0.39 is 6.04 Å². The molecule has 1 fully saturated rings. The minimum absolute atomic E-state index is 0.140. The average Bonchev–Trinajstić information content (AvgIpc) is 3.04. The third kappa shape index (κ3) is 4.00. The van der Waals surface area contributed by atoms with Crippen LogP contribution in [0.4, 0.5) is 5.69 Å². The highest BCUT2D eigenvalue weighted by molar-refractivity contribution is 6.05. The standard InChI is InChI=1S/C22H24N4O3/c1-23-17-6-3-14(4-7-17)11-24-12-15-2-5-16-13-26(22(29)18(16)10-15)19-8-9-20(27)25-21(19)28/h2-7,10,19,23-24H,8-9,11-13H2,1H3,(H,25,27,28). The number of hydrogen-bond donors (Lipinski definition) is 3. The molecular weight excluding hydrogens is 368 g/mol. The molecule has 2 aliphatic rings. The topological polar surface area (TPSA) is 90.5 Å². The highest BCUT2D eigenvalue weighted by Crippen LogP contribution is 2.28. The summed E-state index contributed by atoms with van der Waals surface area (Å²) in [7, 11) is 1.89. The van der Waals surface area contributed by atoms with Crippen LogP contribution in [0.25, 0.3) is 0 Å². The summed E-state index contributed by atoms with van der Waals surface area (Å²) < 4.78 is 0. The minimum atomic E-state index is -0.574. The fourth-order valence-corrected chi connectivity index (χ4v) is 3.85. The Morgan fingerprint density at radius 1 is 1.03 bits per heavy atom. The maximum atomic E-state index is 12.9. The lowest BCUT2D eigenvalue weighted by Crippen LogP contribution is -2.52. The van der Waals surface area contributed by atoms with Crippen molar-refractivity contribution in [1.29, 1.82) is 0 Å². The Morgan fingerprint density at radius 2 is 1.76 bits per heavy atom. The Hall–Kier alpha value is -3.19. The third-order valence-electron chi connectivity index (χ3n) is 5.49. The molecule has 4 rings (SSSR count). The van der Waals surface area contributed by atoms with Crippen LogP contribution in [-0.2, 0) is 29.2 Å². The Kier molecular flexibility index (Phi) is 5.31. The number of rotatable bonds is 6. The van der Waals surface area contributed by atoms with E-state index in [1.165, 1.54) is 5.56 Å². The average molecular weight is 392 g/mol. The fraction of sp³-hybridized carbons (Fsp3) is 0.318. The highest BCUT2D eigenvalue weighted by atomic mass is 16.2. The van der Waals surface area contributed by atoms with E-state index in [0.29, 0.717) is 25.1 Å². The number of anilines is 1. The molecule has 3 N–H and O–H groups in total. The van der Waals surface area contributed by atoms with E-state index >= 15 is 0 Å². The Morgan fingerprint density at radius 3 is 2.48 bits per heavy atom. The van der Waals surface area contributed by atoms with Crippen LogP contribution < -0.4 is 16.0 Å². The minimum Gasteiger partial charge on any atom is -0.388 e. The van der Waals surface area contributed by atoms with Crippen molar-refractivity contribution in [3.8, 4) is 0 Å². The van der Waals surface area contributed by atoms with Crippen molar-refractivity contribution in [1.82, 2.24) is 15.5 Å². The van der Waals surface area contributed by atoms with E-state index in [-0.39, 0.29) is 24.1 Å². The van der Waals surface area contributed by atoms with Crippen LogP contribution in [0.5, 0.6) is 0 Å². The molecular formula is C22H24N4O3. The zero-order chi connectivity index (χ0) is 20.4. The summed E-state index contributed by atoms with van der Waals surface area (Å²) in [6.07, 6.45) is 0.645. The maximum Gasteiger partial charge on any atom is 0.255 e. The van der Waals surface area contributed by atoms with Gasteiger partial charge in [-0.05, 0) is 41.3 Å². The molecule has 150 valence electrons. The molecule has 1 atom stereocenters. The Labute approximate surface area is 169 Å². The van der Waals surface area contributed by atoms with Crippen molar-refractivity contribution < 1.29 is 14.4 Å². The molecule has 1 unspecified atom stereocenters. The number of hydrogen-bond acceptors (Lipinski definition) is 5. The Bertz CT molecular complexity index is 955. The van der Waals surface area contributed by atoms with Crippen LogP contribution in [0.2, 0.25) is 0 Å². The predicted molar refractivity (Wildman–Crippen MR) is 109 cm³/mol. The van der Waals surface area contributed by atoms with Gasteiger partial charge in [0.25, 0.3) is 5.91 Å². The van der Waals surface area contributed by atoms with Crippen LogP contribution in [0.15, 0.2) is 42.5 Å². The first-order chi connectivity index (χ1) is 14.0. The molecule has 7 heteroatoms. The second kappa shape index (κ2) is 8.05. The van der Waals surface area contributed by atoms with Crippen molar-refractivity contribution in [3.63, 3.8) is 0 Å². The van der Waals surface area contributed by atoms with Gasteiger partial charge in [-0.2, -0.15) is 0 Å². The summed E-state index contributed by atoms with van der Waals surface area (Å²) in [5.74, 6) is -0.794. The van der Waals surface area contributed by atoms with Crippen LogP contribution >= 0.6 is 0 Å². The summed E-state index contributed by atoms with van der Waals surface area (Å²) in [4.78, 5) is 37.9. The molecule has 2 aromatic rings. The van der Waals surface area contributed by atoms with E-state index in [9.17, 15) is 14.4 Å². The zero-order valence-corrected chi connectivity index (χ0v) is 16.3. The molecule has 0 spiro atoms. The smallest absolute Gasteiger partial charge is 0.255 e. The van der Waals surface area contributed by atoms with Crippen LogP contribution in [-0.4, -0.2) is 35.7 Å². The van der Waals surface area contributed by atoms with Gasteiger partial charge < -0.3 is 15.5 Å². The fourth-order valence-electron chi connectivity index (χ4n) is 3.85. The Balaban J connectivity index is 1.38. The summed E-state index contributed by atoms with van der Waals surface area (Å²) in [5.41, 5.74) is 4.85. The van der Waals surface area contributed by atoms with Crippen molar-refractivity contribution >= 4 is 23.4 Å². The van der Waals surface area contributed by atoms with Crippen molar-refractivity contribution in [3.05, 3.63) is 64.7 Å². The van der Waals surface area contributed by atoms with Crippen molar-refractivity contribution in [2.24, 2.45) is 0 Å². The van der Waals surface area contributed by atoms with Gasteiger partial charge >= 0.3 is 0 Å². The van der Waals surface area contributed by atoms with Gasteiger partial charge in [0.15, 0.2) is 0 Å². The lowest BCUT2D eigenvalue weighted by molar-refractivity contribution is -0.136. The predicted octanol–water partition coefficient (Wildman–Crippen LogP) is 1.78. The lowest BCUT2D eigenvalue weighted by Gasteiger charge is -2.29. The molecule has 7 nitrogen and oxygen atoms in total. The van der Waals surface area contributed by atoms with Gasteiger partial charge in [-0.3, -0.25) is 19.7 Å². The van der Waals surface area contributed by atoms with Gasteiger partial charge in [0.1, 0.15) is 6.04 Å². The quantitative estimate of drug-likeness (QED) is 0.652. The zero-order valence-electron chi connectivity index (χ0n) is 16.3.